The normalized spacial score (nSPS) is 21.7. The van der Waals surface area contributed by atoms with Crippen LogP contribution in [0.1, 0.15) is 12.0 Å². The second kappa shape index (κ2) is 4.81. The van der Waals surface area contributed by atoms with Crippen LogP contribution >= 0.6 is 12.2 Å². The maximum absolute atomic E-state index is 11.5. The van der Waals surface area contributed by atoms with E-state index in [1.165, 1.54) is 0 Å². The minimum atomic E-state index is -2.92. The van der Waals surface area contributed by atoms with Gasteiger partial charge < -0.3 is 10.6 Å². The highest BCUT2D eigenvalue weighted by Crippen LogP contribution is 2.23. The summed E-state index contributed by atoms with van der Waals surface area (Å²) in [5, 5.41) is 0. The van der Waals surface area contributed by atoms with E-state index in [9.17, 15) is 8.42 Å². The highest BCUT2D eigenvalue weighted by Gasteiger charge is 2.32. The third-order valence-corrected chi connectivity index (χ3v) is 5.11. The summed E-state index contributed by atoms with van der Waals surface area (Å²) in [6.07, 6.45) is 2.27. The van der Waals surface area contributed by atoms with Gasteiger partial charge in [-0.1, -0.05) is 12.2 Å². The van der Waals surface area contributed by atoms with E-state index in [2.05, 4.69) is 4.98 Å². The number of thiocarbonyl (C=S) groups is 1. The second-order valence-electron chi connectivity index (χ2n) is 4.41. The number of nitrogens with two attached hydrogens (primary N) is 1. The number of hydrogen-bond acceptors (Lipinski definition) is 5. The summed E-state index contributed by atoms with van der Waals surface area (Å²) in [6.45, 7) is 0. The van der Waals surface area contributed by atoms with Crippen LogP contribution in [0.3, 0.4) is 0 Å². The third kappa shape index (κ3) is 2.62. The van der Waals surface area contributed by atoms with Crippen LogP contribution in [-0.2, 0) is 9.84 Å². The number of anilines is 1. The molecule has 1 fully saturated rings. The summed E-state index contributed by atoms with van der Waals surface area (Å²) in [4.78, 5) is 6.39. The first kappa shape index (κ1) is 13.2. The van der Waals surface area contributed by atoms with Crippen molar-refractivity contribution in [3.63, 3.8) is 0 Å². The molecule has 2 rings (SSSR count). The Labute approximate surface area is 112 Å². The molecule has 1 aromatic rings. The molecule has 1 aromatic heterocycles. The molecule has 98 valence electrons. The van der Waals surface area contributed by atoms with Crippen LogP contribution in [0.4, 0.5) is 5.82 Å². The van der Waals surface area contributed by atoms with Crippen LogP contribution in [-0.4, -0.2) is 43.0 Å². The minimum absolute atomic E-state index is 0.0574. The fourth-order valence-corrected chi connectivity index (χ4v) is 4.06. The lowest BCUT2D eigenvalue weighted by molar-refractivity contribution is 0.600. The second-order valence-corrected chi connectivity index (χ2v) is 7.08. The maximum atomic E-state index is 11.5. The molecule has 5 nitrogen and oxygen atoms in total. The predicted octanol–water partition coefficient (Wildman–Crippen LogP) is 0.339. The fourth-order valence-electron chi connectivity index (χ4n) is 2.12. The van der Waals surface area contributed by atoms with Crippen LogP contribution < -0.4 is 10.6 Å². The molecule has 0 amide bonds. The molecule has 0 bridgehead atoms. The van der Waals surface area contributed by atoms with Gasteiger partial charge in [0.2, 0.25) is 0 Å². The van der Waals surface area contributed by atoms with Crippen molar-refractivity contribution in [3.8, 4) is 0 Å². The van der Waals surface area contributed by atoms with E-state index in [-0.39, 0.29) is 22.5 Å². The van der Waals surface area contributed by atoms with Crippen LogP contribution in [0.25, 0.3) is 0 Å². The summed E-state index contributed by atoms with van der Waals surface area (Å²) in [5.74, 6) is 1.04. The van der Waals surface area contributed by atoms with E-state index in [1.54, 1.807) is 18.3 Å². The Morgan fingerprint density at radius 3 is 2.89 bits per heavy atom. The number of nitrogens with zero attached hydrogens (tertiary/aromatic N) is 2. The topological polar surface area (TPSA) is 76.3 Å². The van der Waals surface area contributed by atoms with E-state index in [0.717, 1.165) is 0 Å². The standard InChI is InChI=1S/C11H15N3O2S2/c1-14(8-4-6-18(15,16)7-8)11-9(10(12)17)3-2-5-13-11/h2-3,5,8H,4,6-7H2,1H3,(H2,12,17). The summed E-state index contributed by atoms with van der Waals surface area (Å²) in [6, 6.07) is 3.50. The largest absolute Gasteiger partial charge is 0.389 e. The summed E-state index contributed by atoms with van der Waals surface area (Å²) < 4.78 is 23.0. The van der Waals surface area contributed by atoms with Crippen molar-refractivity contribution >= 4 is 32.9 Å². The average molecular weight is 285 g/mol. The van der Waals surface area contributed by atoms with Crippen molar-refractivity contribution in [2.24, 2.45) is 5.73 Å². The molecule has 0 saturated carbocycles. The molecule has 1 unspecified atom stereocenters. The van der Waals surface area contributed by atoms with Gasteiger partial charge in [-0.2, -0.15) is 0 Å². The van der Waals surface area contributed by atoms with Gasteiger partial charge in [0.25, 0.3) is 0 Å². The van der Waals surface area contributed by atoms with E-state index in [1.807, 2.05) is 11.9 Å². The Morgan fingerprint density at radius 1 is 1.61 bits per heavy atom. The minimum Gasteiger partial charge on any atom is -0.389 e. The molecule has 0 spiro atoms. The lowest BCUT2D eigenvalue weighted by Gasteiger charge is -2.26. The van der Waals surface area contributed by atoms with Gasteiger partial charge in [0.05, 0.1) is 17.1 Å². The average Bonchev–Trinajstić information content (AvgIpc) is 2.68. The van der Waals surface area contributed by atoms with Gasteiger partial charge in [-0.05, 0) is 18.6 Å². The molecule has 2 N–H and O–H groups in total. The van der Waals surface area contributed by atoms with Gasteiger partial charge in [0, 0.05) is 19.3 Å². The first-order chi connectivity index (χ1) is 8.41. The summed E-state index contributed by atoms with van der Waals surface area (Å²) in [5.41, 5.74) is 6.33. The zero-order chi connectivity index (χ0) is 13.3. The van der Waals surface area contributed by atoms with E-state index in [4.69, 9.17) is 18.0 Å². The van der Waals surface area contributed by atoms with Gasteiger partial charge in [-0.3, -0.25) is 0 Å². The number of pyridine rings is 1. The monoisotopic (exact) mass is 285 g/mol. The van der Waals surface area contributed by atoms with Crippen LogP contribution in [0.15, 0.2) is 18.3 Å². The Kier molecular flexibility index (Phi) is 3.54. The molecular formula is C11H15N3O2S2. The first-order valence-electron chi connectivity index (χ1n) is 5.59. The van der Waals surface area contributed by atoms with E-state index < -0.39 is 9.84 Å². The molecule has 7 heteroatoms. The van der Waals surface area contributed by atoms with Crippen molar-refractivity contribution in [3.05, 3.63) is 23.9 Å². The molecule has 0 aliphatic carbocycles. The Hall–Kier alpha value is -1.21. The number of hydrogen-bond donors (Lipinski definition) is 1. The highest BCUT2D eigenvalue weighted by molar-refractivity contribution is 7.91. The SMILES string of the molecule is CN(c1ncccc1C(N)=S)C1CCS(=O)(=O)C1. The number of rotatable bonds is 3. The zero-order valence-electron chi connectivity index (χ0n) is 10.0. The molecule has 0 aromatic carbocycles. The summed E-state index contributed by atoms with van der Waals surface area (Å²) >= 11 is 4.98. The predicted molar refractivity (Wildman–Crippen MR) is 75.6 cm³/mol. The smallest absolute Gasteiger partial charge is 0.152 e. The van der Waals surface area contributed by atoms with Crippen LogP contribution in [0.2, 0.25) is 0 Å². The molecule has 0 radical (unpaired) electrons. The fraction of sp³-hybridized carbons (Fsp3) is 0.455. The van der Waals surface area contributed by atoms with Gasteiger partial charge in [0.15, 0.2) is 9.84 Å². The zero-order valence-corrected chi connectivity index (χ0v) is 11.7. The third-order valence-electron chi connectivity index (χ3n) is 3.14. The van der Waals surface area contributed by atoms with E-state index >= 15 is 0 Å². The maximum Gasteiger partial charge on any atom is 0.152 e. The molecule has 1 atom stereocenters. The number of aromatic nitrogens is 1. The van der Waals surface area contributed by atoms with E-state index in [0.29, 0.717) is 17.8 Å². The molecular weight excluding hydrogens is 270 g/mol. The molecule has 2 heterocycles. The quantitative estimate of drug-likeness (QED) is 0.807. The van der Waals surface area contributed by atoms with Gasteiger partial charge >= 0.3 is 0 Å². The van der Waals surface area contributed by atoms with Crippen molar-refractivity contribution < 1.29 is 8.42 Å². The van der Waals surface area contributed by atoms with Gasteiger partial charge in [-0.25, -0.2) is 13.4 Å². The Bertz CT molecular complexity index is 571. The van der Waals surface area contributed by atoms with Crippen LogP contribution in [0.5, 0.6) is 0 Å². The number of sulfone groups is 1. The first-order valence-corrected chi connectivity index (χ1v) is 7.82. The summed E-state index contributed by atoms with van der Waals surface area (Å²) in [7, 11) is -1.09. The van der Waals surface area contributed by atoms with Gasteiger partial charge in [0.1, 0.15) is 10.8 Å². The molecule has 1 aliphatic heterocycles. The van der Waals surface area contributed by atoms with Crippen molar-refractivity contribution in [1.82, 2.24) is 4.98 Å². The molecule has 1 aliphatic rings. The van der Waals surface area contributed by atoms with Crippen molar-refractivity contribution in [2.75, 3.05) is 23.5 Å². The van der Waals surface area contributed by atoms with Crippen molar-refractivity contribution in [1.29, 1.82) is 0 Å². The lowest BCUT2D eigenvalue weighted by Crippen LogP contribution is -2.34. The highest BCUT2D eigenvalue weighted by atomic mass is 32.2. The Balaban J connectivity index is 2.30. The Morgan fingerprint density at radius 2 is 2.33 bits per heavy atom. The van der Waals surface area contributed by atoms with Crippen LogP contribution in [0, 0.1) is 0 Å². The molecule has 18 heavy (non-hydrogen) atoms. The lowest BCUT2D eigenvalue weighted by atomic mass is 10.2. The molecule has 1 saturated heterocycles. The van der Waals surface area contributed by atoms with Crippen molar-refractivity contribution in [2.45, 2.75) is 12.5 Å². The van der Waals surface area contributed by atoms with Gasteiger partial charge in [-0.15, -0.1) is 0 Å².